The third kappa shape index (κ3) is 2.38. The summed E-state index contributed by atoms with van der Waals surface area (Å²) in [7, 11) is 1.62. The lowest BCUT2D eigenvalue weighted by molar-refractivity contribution is 0.415. The zero-order chi connectivity index (χ0) is 15.5. The van der Waals surface area contributed by atoms with Gasteiger partial charge in [-0.25, -0.2) is 4.98 Å². The zero-order valence-electron chi connectivity index (χ0n) is 11.9. The molecule has 108 valence electrons. The maximum atomic E-state index is 9.31. The molecule has 0 saturated heterocycles. The van der Waals surface area contributed by atoms with E-state index in [0.717, 1.165) is 16.9 Å². The summed E-state index contributed by atoms with van der Waals surface area (Å²) in [5.41, 5.74) is 9.37. The van der Waals surface area contributed by atoms with E-state index in [1.807, 2.05) is 30.3 Å². The third-order valence-electron chi connectivity index (χ3n) is 3.38. The van der Waals surface area contributed by atoms with Crippen molar-refractivity contribution in [2.24, 2.45) is 0 Å². The molecule has 0 saturated carbocycles. The second-order valence-electron chi connectivity index (χ2n) is 4.67. The van der Waals surface area contributed by atoms with Crippen molar-refractivity contribution in [2.75, 3.05) is 12.8 Å². The van der Waals surface area contributed by atoms with E-state index in [4.69, 9.17) is 14.9 Å². The molecule has 2 aromatic heterocycles. The van der Waals surface area contributed by atoms with Crippen LogP contribution in [0.5, 0.6) is 5.75 Å². The molecule has 1 aromatic carbocycles. The number of nitrogens with zero attached hydrogens (tertiary/aromatic N) is 2. The van der Waals surface area contributed by atoms with Crippen LogP contribution in [0.15, 0.2) is 53.3 Å². The largest absolute Gasteiger partial charge is 0.497 e. The molecule has 2 heterocycles. The molecule has 0 fully saturated rings. The number of aromatic nitrogens is 1. The molecule has 0 spiro atoms. The number of hydrogen-bond acceptors (Lipinski definition) is 5. The van der Waals surface area contributed by atoms with Gasteiger partial charge in [-0.3, -0.25) is 0 Å². The van der Waals surface area contributed by atoms with Crippen molar-refractivity contribution in [1.29, 1.82) is 5.26 Å². The van der Waals surface area contributed by atoms with E-state index in [1.165, 1.54) is 0 Å². The summed E-state index contributed by atoms with van der Waals surface area (Å²) in [5, 5.41) is 9.31. The fourth-order valence-corrected chi connectivity index (χ4v) is 2.24. The first-order valence-corrected chi connectivity index (χ1v) is 6.60. The number of nitrogens with two attached hydrogens (primary N) is 1. The number of methoxy groups -OCH3 is 1. The highest BCUT2D eigenvalue weighted by molar-refractivity contribution is 5.79. The van der Waals surface area contributed by atoms with Crippen molar-refractivity contribution >= 4 is 5.82 Å². The van der Waals surface area contributed by atoms with Gasteiger partial charge in [0, 0.05) is 16.7 Å². The summed E-state index contributed by atoms with van der Waals surface area (Å²) in [6, 6.07) is 13.2. The summed E-state index contributed by atoms with van der Waals surface area (Å²) < 4.78 is 10.2. The normalized spacial score (nSPS) is 10.2. The van der Waals surface area contributed by atoms with Crippen LogP contribution in [-0.4, -0.2) is 12.1 Å². The first kappa shape index (κ1) is 13.7. The number of anilines is 1. The first-order chi connectivity index (χ1) is 10.7. The van der Waals surface area contributed by atoms with E-state index in [0.29, 0.717) is 16.8 Å². The summed E-state index contributed by atoms with van der Waals surface area (Å²) in [6.45, 7) is 0. The Morgan fingerprint density at radius 3 is 2.55 bits per heavy atom. The molecule has 0 unspecified atom stereocenters. The fourth-order valence-electron chi connectivity index (χ4n) is 2.24. The van der Waals surface area contributed by atoms with Gasteiger partial charge in [0.2, 0.25) is 0 Å². The van der Waals surface area contributed by atoms with E-state index in [-0.39, 0.29) is 5.82 Å². The summed E-state index contributed by atoms with van der Waals surface area (Å²) in [6.07, 6.45) is 3.13. The van der Waals surface area contributed by atoms with Crippen LogP contribution in [0.25, 0.3) is 22.4 Å². The van der Waals surface area contributed by atoms with Crippen LogP contribution in [0, 0.1) is 11.3 Å². The standard InChI is InChI=1S/C17H13N3O2/c1-21-13-4-2-11(3-5-13)16-8-14(12-6-7-22-10-12)15(9-18)17(19)20-16/h2-8,10H,1H3,(H2,19,20). The van der Waals surface area contributed by atoms with Gasteiger partial charge in [-0.05, 0) is 36.4 Å². The third-order valence-corrected chi connectivity index (χ3v) is 3.38. The number of ether oxygens (including phenoxy) is 1. The SMILES string of the molecule is COc1ccc(-c2cc(-c3ccoc3)c(C#N)c(N)n2)cc1. The lowest BCUT2D eigenvalue weighted by atomic mass is 10.0. The van der Waals surface area contributed by atoms with Gasteiger partial charge in [0.05, 0.1) is 25.3 Å². The van der Waals surface area contributed by atoms with Gasteiger partial charge in [0.15, 0.2) is 0 Å². The molecule has 3 aromatic rings. The maximum Gasteiger partial charge on any atom is 0.142 e. The average molecular weight is 291 g/mol. The van der Waals surface area contributed by atoms with Gasteiger partial charge in [0.1, 0.15) is 23.2 Å². The average Bonchev–Trinajstić information content (AvgIpc) is 3.08. The van der Waals surface area contributed by atoms with E-state index in [9.17, 15) is 5.26 Å². The number of hydrogen-bond donors (Lipinski definition) is 1. The van der Waals surface area contributed by atoms with Crippen molar-refractivity contribution in [3.05, 3.63) is 54.5 Å². The zero-order valence-corrected chi connectivity index (χ0v) is 11.9. The summed E-state index contributed by atoms with van der Waals surface area (Å²) in [5.74, 6) is 0.965. The van der Waals surface area contributed by atoms with Crippen molar-refractivity contribution in [1.82, 2.24) is 4.98 Å². The van der Waals surface area contributed by atoms with Gasteiger partial charge < -0.3 is 14.9 Å². The van der Waals surface area contributed by atoms with Gasteiger partial charge in [-0.15, -0.1) is 0 Å². The van der Waals surface area contributed by atoms with Crippen LogP contribution in [0.2, 0.25) is 0 Å². The number of furan rings is 1. The van der Waals surface area contributed by atoms with E-state index < -0.39 is 0 Å². The Balaban J connectivity index is 2.15. The van der Waals surface area contributed by atoms with Crippen LogP contribution in [0.1, 0.15) is 5.56 Å². The molecule has 0 aliphatic rings. The van der Waals surface area contributed by atoms with Crippen molar-refractivity contribution < 1.29 is 9.15 Å². The molecule has 5 nitrogen and oxygen atoms in total. The lowest BCUT2D eigenvalue weighted by Crippen LogP contribution is -1.99. The maximum absolute atomic E-state index is 9.31. The molecule has 22 heavy (non-hydrogen) atoms. The van der Waals surface area contributed by atoms with Gasteiger partial charge in [-0.1, -0.05) is 0 Å². The number of nitrogen functional groups attached to an aromatic ring is 1. The van der Waals surface area contributed by atoms with Crippen LogP contribution in [-0.2, 0) is 0 Å². The number of nitriles is 1. The monoisotopic (exact) mass is 291 g/mol. The number of rotatable bonds is 3. The highest BCUT2D eigenvalue weighted by atomic mass is 16.5. The molecule has 2 N–H and O–H groups in total. The highest BCUT2D eigenvalue weighted by Crippen LogP contribution is 2.31. The molecule has 0 amide bonds. The predicted octanol–water partition coefficient (Wildman–Crippen LogP) is 3.47. The van der Waals surface area contributed by atoms with Crippen molar-refractivity contribution in [3.8, 4) is 34.2 Å². The molecule has 3 rings (SSSR count). The van der Waals surface area contributed by atoms with Crippen LogP contribution in [0.4, 0.5) is 5.82 Å². The van der Waals surface area contributed by atoms with E-state index >= 15 is 0 Å². The molecule has 0 radical (unpaired) electrons. The Labute approximate surface area is 127 Å². The highest BCUT2D eigenvalue weighted by Gasteiger charge is 2.14. The number of benzene rings is 1. The predicted molar refractivity (Wildman–Crippen MR) is 83.1 cm³/mol. The van der Waals surface area contributed by atoms with Crippen molar-refractivity contribution in [3.63, 3.8) is 0 Å². The Morgan fingerprint density at radius 1 is 1.18 bits per heavy atom. The van der Waals surface area contributed by atoms with Crippen molar-refractivity contribution in [2.45, 2.75) is 0 Å². The van der Waals surface area contributed by atoms with Gasteiger partial charge in [0.25, 0.3) is 0 Å². The van der Waals surface area contributed by atoms with Gasteiger partial charge >= 0.3 is 0 Å². The topological polar surface area (TPSA) is 85.1 Å². The minimum atomic E-state index is 0.201. The van der Waals surface area contributed by atoms with E-state index in [2.05, 4.69) is 11.1 Å². The smallest absolute Gasteiger partial charge is 0.142 e. The molecular formula is C17H13N3O2. The Morgan fingerprint density at radius 2 is 1.95 bits per heavy atom. The summed E-state index contributed by atoms with van der Waals surface area (Å²) in [4.78, 5) is 4.32. The lowest BCUT2D eigenvalue weighted by Gasteiger charge is -2.09. The summed E-state index contributed by atoms with van der Waals surface area (Å²) >= 11 is 0. The second kappa shape index (κ2) is 5.62. The van der Waals surface area contributed by atoms with Crippen LogP contribution in [0.3, 0.4) is 0 Å². The molecule has 0 atom stereocenters. The quantitative estimate of drug-likeness (QED) is 0.798. The Bertz CT molecular complexity index is 832. The first-order valence-electron chi connectivity index (χ1n) is 6.60. The molecule has 5 heteroatoms. The Kier molecular flexibility index (Phi) is 3.50. The van der Waals surface area contributed by atoms with Gasteiger partial charge in [-0.2, -0.15) is 5.26 Å². The fraction of sp³-hybridized carbons (Fsp3) is 0.0588. The van der Waals surface area contributed by atoms with E-state index in [1.54, 1.807) is 25.7 Å². The Hall–Kier alpha value is -3.26. The minimum Gasteiger partial charge on any atom is -0.497 e. The number of pyridine rings is 1. The molecule has 0 aliphatic heterocycles. The second-order valence-corrected chi connectivity index (χ2v) is 4.67. The minimum absolute atomic E-state index is 0.201. The van der Waals surface area contributed by atoms with Crippen LogP contribution >= 0.6 is 0 Å². The van der Waals surface area contributed by atoms with Crippen LogP contribution < -0.4 is 10.5 Å². The molecule has 0 aliphatic carbocycles. The molecule has 0 bridgehead atoms. The molecular weight excluding hydrogens is 278 g/mol.